The Morgan fingerprint density at radius 1 is 0.806 bits per heavy atom. The van der Waals surface area contributed by atoms with E-state index in [-0.39, 0.29) is 6.10 Å². The lowest BCUT2D eigenvalue weighted by Gasteiger charge is -2.19. The lowest BCUT2D eigenvalue weighted by Crippen LogP contribution is -2.30. The number of benzene rings is 3. The fraction of sp³-hybridized carbons (Fsp3) is 0.148. The highest BCUT2D eigenvalue weighted by molar-refractivity contribution is 6.36. The minimum Gasteiger partial charge on any atom is -0.365 e. The van der Waals surface area contributed by atoms with Gasteiger partial charge < -0.3 is 4.74 Å². The third-order valence-electron chi connectivity index (χ3n) is 5.46. The van der Waals surface area contributed by atoms with Crippen molar-refractivity contribution in [3.05, 3.63) is 126 Å². The van der Waals surface area contributed by atoms with E-state index in [0.717, 1.165) is 16.7 Å². The van der Waals surface area contributed by atoms with Crippen LogP contribution >= 0.6 is 69.6 Å². The molecule has 9 heteroatoms. The Morgan fingerprint density at radius 3 is 2.17 bits per heavy atom. The molecule has 0 aliphatic rings. The lowest BCUT2D eigenvalue weighted by molar-refractivity contribution is -0.686. The van der Waals surface area contributed by atoms with Gasteiger partial charge in [0.05, 0.1) is 6.61 Å². The van der Waals surface area contributed by atoms with Gasteiger partial charge in [-0.3, -0.25) is 0 Å². The van der Waals surface area contributed by atoms with E-state index in [1.54, 1.807) is 30.3 Å². The summed E-state index contributed by atoms with van der Waals surface area (Å²) in [5, 5.41) is 3.45. The number of allylic oxidation sites excluding steroid dienone is 1. The first-order valence-electron chi connectivity index (χ1n) is 11.0. The van der Waals surface area contributed by atoms with E-state index >= 15 is 0 Å². The van der Waals surface area contributed by atoms with Crippen molar-refractivity contribution in [2.24, 2.45) is 0 Å². The van der Waals surface area contributed by atoms with Gasteiger partial charge >= 0.3 is 0 Å². The van der Waals surface area contributed by atoms with Gasteiger partial charge in [-0.25, -0.2) is 9.13 Å². The summed E-state index contributed by atoms with van der Waals surface area (Å²) in [6.07, 6.45) is 9.64. The van der Waals surface area contributed by atoms with Crippen LogP contribution in [0.3, 0.4) is 0 Å². The number of imidazole rings is 1. The predicted octanol–water partition coefficient (Wildman–Crippen LogP) is 9.37. The molecule has 0 saturated carbocycles. The molecule has 0 aliphatic heterocycles. The number of rotatable bonds is 9. The summed E-state index contributed by atoms with van der Waals surface area (Å²) in [5.41, 5.74) is 2.58. The molecule has 0 amide bonds. The zero-order valence-electron chi connectivity index (χ0n) is 18.9. The first-order valence-corrected chi connectivity index (χ1v) is 13.2. The van der Waals surface area contributed by atoms with E-state index in [4.69, 9.17) is 74.3 Å². The van der Waals surface area contributed by atoms with Gasteiger partial charge in [-0.2, -0.15) is 0 Å². The van der Waals surface area contributed by atoms with Gasteiger partial charge in [0.25, 0.3) is 0 Å². The second-order valence-corrected chi connectivity index (χ2v) is 10.6. The Labute approximate surface area is 240 Å². The van der Waals surface area contributed by atoms with Gasteiger partial charge in [0, 0.05) is 35.7 Å². The van der Waals surface area contributed by atoms with E-state index in [1.165, 1.54) is 0 Å². The zero-order valence-corrected chi connectivity index (χ0v) is 23.4. The van der Waals surface area contributed by atoms with Gasteiger partial charge in [-0.1, -0.05) is 93.9 Å². The van der Waals surface area contributed by atoms with Crippen LogP contribution in [0.2, 0.25) is 30.1 Å². The normalized spacial score (nSPS) is 12.4. The molecule has 186 valence electrons. The lowest BCUT2D eigenvalue weighted by atomic mass is 10.1. The summed E-state index contributed by atoms with van der Waals surface area (Å²) in [4.78, 5) is 0. The topological polar surface area (TPSA) is 18.0 Å². The van der Waals surface area contributed by atoms with Crippen molar-refractivity contribution < 1.29 is 9.30 Å². The molecule has 0 N–H and O–H groups in total. The van der Waals surface area contributed by atoms with Crippen molar-refractivity contribution in [2.45, 2.75) is 25.8 Å². The number of halogens is 6. The monoisotopic (exact) mass is 599 g/mol. The summed E-state index contributed by atoms with van der Waals surface area (Å²) >= 11 is 37.2. The Bertz CT molecular complexity index is 1380. The van der Waals surface area contributed by atoms with Gasteiger partial charge in [0.15, 0.2) is 0 Å². The van der Waals surface area contributed by atoms with Gasteiger partial charge in [0.1, 0.15) is 31.6 Å². The Kier molecular flexibility index (Phi) is 9.65. The third kappa shape index (κ3) is 7.43. The summed E-state index contributed by atoms with van der Waals surface area (Å²) in [5.74, 6) is 0. The summed E-state index contributed by atoms with van der Waals surface area (Å²) in [7, 11) is 0. The van der Waals surface area contributed by atoms with Gasteiger partial charge in [0.2, 0.25) is 6.33 Å². The van der Waals surface area contributed by atoms with Gasteiger partial charge in [-0.05, 0) is 53.6 Å². The second-order valence-electron chi connectivity index (χ2n) is 8.08. The van der Waals surface area contributed by atoms with Crippen LogP contribution in [0.25, 0.3) is 6.08 Å². The van der Waals surface area contributed by atoms with Crippen LogP contribution in [0.4, 0.5) is 0 Å². The van der Waals surface area contributed by atoms with E-state index in [0.29, 0.717) is 49.8 Å². The van der Waals surface area contributed by atoms with Crippen LogP contribution in [0.5, 0.6) is 0 Å². The molecule has 0 radical (unpaired) electrons. The van der Waals surface area contributed by atoms with Crippen molar-refractivity contribution in [1.29, 1.82) is 0 Å². The zero-order chi connectivity index (χ0) is 25.7. The average molecular weight is 602 g/mol. The van der Waals surface area contributed by atoms with E-state index in [1.807, 2.05) is 59.7 Å². The SMILES string of the molecule is Clc1ccc(C=CC[n+]2ccn(CC(OCc3ccc(Cl)cc3Cl)c3ccc(Cl)cc3Cl)c2)c(Cl)c1. The van der Waals surface area contributed by atoms with Crippen molar-refractivity contribution >= 4 is 75.7 Å². The molecule has 1 atom stereocenters. The fourth-order valence-corrected chi connectivity index (χ4v) is 5.08. The summed E-state index contributed by atoms with van der Waals surface area (Å²) in [6, 6.07) is 16.2. The molecule has 1 aromatic heterocycles. The van der Waals surface area contributed by atoms with Gasteiger partial charge in [-0.15, -0.1) is 0 Å². The van der Waals surface area contributed by atoms with Crippen LogP contribution in [0, 0.1) is 0 Å². The quantitative estimate of drug-likeness (QED) is 0.175. The number of hydrogen-bond acceptors (Lipinski definition) is 1. The first kappa shape index (κ1) is 27.3. The number of ether oxygens (including phenoxy) is 1. The maximum atomic E-state index is 6.53. The maximum Gasteiger partial charge on any atom is 0.244 e. The summed E-state index contributed by atoms with van der Waals surface area (Å²) < 4.78 is 10.4. The van der Waals surface area contributed by atoms with Crippen molar-refractivity contribution in [3.8, 4) is 0 Å². The molecule has 1 unspecified atom stereocenters. The number of hydrogen-bond donors (Lipinski definition) is 0. The molecular weight excluding hydrogens is 581 g/mol. The minimum absolute atomic E-state index is 0.297. The Hall–Kier alpha value is -1.69. The molecule has 36 heavy (non-hydrogen) atoms. The highest BCUT2D eigenvalue weighted by atomic mass is 35.5. The van der Waals surface area contributed by atoms with Crippen LogP contribution in [-0.4, -0.2) is 4.57 Å². The summed E-state index contributed by atoms with van der Waals surface area (Å²) in [6.45, 7) is 1.50. The molecule has 4 rings (SSSR count). The molecule has 0 spiro atoms. The molecule has 0 saturated heterocycles. The maximum absolute atomic E-state index is 6.53. The van der Waals surface area contributed by atoms with Crippen LogP contribution < -0.4 is 4.57 Å². The second kappa shape index (κ2) is 12.7. The Balaban J connectivity index is 1.48. The molecule has 0 bridgehead atoms. The predicted molar refractivity (Wildman–Crippen MR) is 151 cm³/mol. The molecule has 1 heterocycles. The van der Waals surface area contributed by atoms with E-state index in [2.05, 4.69) is 4.57 Å². The highest BCUT2D eigenvalue weighted by Gasteiger charge is 2.20. The average Bonchev–Trinajstić information content (AvgIpc) is 3.26. The third-order valence-corrected chi connectivity index (χ3v) is 7.18. The Morgan fingerprint density at radius 2 is 1.47 bits per heavy atom. The van der Waals surface area contributed by atoms with Crippen LogP contribution in [0.1, 0.15) is 22.8 Å². The number of nitrogens with zero attached hydrogens (tertiary/aromatic N) is 2. The van der Waals surface area contributed by atoms with Crippen molar-refractivity contribution in [3.63, 3.8) is 0 Å². The molecule has 4 aromatic rings. The highest BCUT2D eigenvalue weighted by Crippen LogP contribution is 2.31. The largest absolute Gasteiger partial charge is 0.365 e. The van der Waals surface area contributed by atoms with E-state index in [9.17, 15) is 0 Å². The van der Waals surface area contributed by atoms with Crippen molar-refractivity contribution in [1.82, 2.24) is 4.57 Å². The smallest absolute Gasteiger partial charge is 0.244 e. The first-order chi connectivity index (χ1) is 17.3. The fourth-order valence-electron chi connectivity index (χ4n) is 3.62. The molecule has 0 fully saturated rings. The van der Waals surface area contributed by atoms with Crippen LogP contribution in [0.15, 0.2) is 79.4 Å². The number of aromatic nitrogens is 2. The standard InChI is InChI=1S/C27H21Cl6N2O/c28-20-5-3-18(24(31)12-20)2-1-9-34-10-11-35(17-34)15-27(23-8-7-22(30)14-26(23)33)36-16-19-4-6-21(29)13-25(19)32/h1-8,10-14,17,27H,9,15-16H2/q+1. The minimum atomic E-state index is -0.342. The molecule has 3 nitrogen and oxygen atoms in total. The molecule has 0 aliphatic carbocycles. The van der Waals surface area contributed by atoms with E-state index < -0.39 is 0 Å². The van der Waals surface area contributed by atoms with Crippen LogP contribution in [-0.2, 0) is 24.4 Å². The molecular formula is C27H21Cl6N2O+. The molecule has 3 aromatic carbocycles. The van der Waals surface area contributed by atoms with Crippen molar-refractivity contribution in [2.75, 3.05) is 0 Å².